The number of sulfone groups is 1. The van der Waals surface area contributed by atoms with E-state index in [2.05, 4.69) is 0 Å². The van der Waals surface area contributed by atoms with Crippen molar-refractivity contribution >= 4 is 33.2 Å². The minimum atomic E-state index is -3.91. The number of morpholine rings is 1. The zero-order valence-corrected chi connectivity index (χ0v) is 16.1. The third kappa shape index (κ3) is 4.06. The fourth-order valence-electron chi connectivity index (χ4n) is 2.66. The molecule has 0 aliphatic carbocycles. The summed E-state index contributed by atoms with van der Waals surface area (Å²) in [5.41, 5.74) is 0. The summed E-state index contributed by atoms with van der Waals surface area (Å²) in [6.45, 7) is 4.95. The maximum atomic E-state index is 12.9. The average molecular weight is 387 g/mol. The number of ether oxygens (including phenoxy) is 1. The van der Waals surface area contributed by atoms with Crippen LogP contribution in [0.4, 0.5) is 0 Å². The van der Waals surface area contributed by atoms with E-state index in [1.807, 2.05) is 24.8 Å². The lowest BCUT2D eigenvalue weighted by Crippen LogP contribution is -2.44. The van der Waals surface area contributed by atoms with Gasteiger partial charge in [-0.25, -0.2) is 8.42 Å². The lowest BCUT2D eigenvalue weighted by molar-refractivity contribution is -0.0553. The first-order valence-electron chi connectivity index (χ1n) is 7.39. The largest absolute Gasteiger partial charge is 0.372 e. The highest BCUT2D eigenvalue weighted by molar-refractivity contribution is 8.04. The van der Waals surface area contributed by atoms with Gasteiger partial charge in [0.05, 0.1) is 17.1 Å². The highest BCUT2D eigenvalue weighted by Crippen LogP contribution is 2.31. The van der Waals surface area contributed by atoms with Crippen molar-refractivity contribution in [1.82, 2.24) is 4.90 Å². The zero-order valence-electron chi connectivity index (χ0n) is 13.7. The van der Waals surface area contributed by atoms with Crippen molar-refractivity contribution < 1.29 is 13.2 Å². The Morgan fingerprint density at radius 2 is 1.83 bits per heavy atom. The standard InChI is InChI=1S/C16H19ClN2O3S2/c1-11-9-19(10-12(2)22-11)16(23-3)15(8-18)24(20,21)14-6-4-13(17)5-7-14/h4-7,11-12H,9-10H2,1-3H3. The van der Waals surface area contributed by atoms with Crippen LogP contribution in [0.3, 0.4) is 0 Å². The van der Waals surface area contributed by atoms with E-state index in [0.717, 1.165) is 0 Å². The molecule has 0 saturated carbocycles. The van der Waals surface area contributed by atoms with E-state index in [4.69, 9.17) is 16.3 Å². The smallest absolute Gasteiger partial charge is 0.219 e. The Hall–Kier alpha value is -1.20. The molecular weight excluding hydrogens is 368 g/mol. The Bertz CT molecular complexity index is 760. The summed E-state index contributed by atoms with van der Waals surface area (Å²) in [5.74, 6) is 0. The third-order valence-corrected chi connectivity index (χ3v) is 6.53. The first-order valence-corrected chi connectivity index (χ1v) is 10.5. The molecule has 1 aliphatic heterocycles. The van der Waals surface area contributed by atoms with Gasteiger partial charge in [0.15, 0.2) is 4.91 Å². The molecule has 2 unspecified atom stereocenters. The maximum absolute atomic E-state index is 12.9. The average Bonchev–Trinajstić information content (AvgIpc) is 2.51. The molecule has 5 nitrogen and oxygen atoms in total. The second kappa shape index (κ2) is 7.79. The number of benzene rings is 1. The van der Waals surface area contributed by atoms with Crippen LogP contribution in [-0.2, 0) is 14.6 Å². The second-order valence-corrected chi connectivity index (χ2v) is 8.69. The molecular formula is C16H19ClN2O3S2. The van der Waals surface area contributed by atoms with E-state index in [-0.39, 0.29) is 22.0 Å². The van der Waals surface area contributed by atoms with Crippen molar-refractivity contribution in [2.45, 2.75) is 31.0 Å². The Balaban J connectivity index is 2.51. The number of rotatable bonds is 4. The minimum absolute atomic E-state index is 0.0333. The van der Waals surface area contributed by atoms with E-state index in [1.165, 1.54) is 36.0 Å². The highest BCUT2D eigenvalue weighted by Gasteiger charge is 2.31. The molecule has 1 aliphatic rings. The van der Waals surface area contributed by atoms with Crippen LogP contribution in [-0.4, -0.2) is 44.9 Å². The molecule has 0 amide bonds. The van der Waals surface area contributed by atoms with E-state index >= 15 is 0 Å². The number of hydrogen-bond acceptors (Lipinski definition) is 6. The monoisotopic (exact) mass is 386 g/mol. The van der Waals surface area contributed by atoms with Crippen LogP contribution in [0.15, 0.2) is 39.1 Å². The molecule has 8 heteroatoms. The van der Waals surface area contributed by atoms with E-state index < -0.39 is 9.84 Å². The van der Waals surface area contributed by atoms with Gasteiger partial charge in [0.25, 0.3) is 0 Å². The highest BCUT2D eigenvalue weighted by atomic mass is 35.5. The van der Waals surface area contributed by atoms with E-state index in [9.17, 15) is 13.7 Å². The van der Waals surface area contributed by atoms with Crippen molar-refractivity contribution in [2.24, 2.45) is 0 Å². The lowest BCUT2D eigenvalue weighted by atomic mass is 10.2. The summed E-state index contributed by atoms with van der Waals surface area (Å²) < 4.78 is 31.5. The van der Waals surface area contributed by atoms with Crippen molar-refractivity contribution in [2.75, 3.05) is 19.3 Å². The molecule has 1 aromatic carbocycles. The number of allylic oxidation sites excluding steroid dienone is 1. The predicted molar refractivity (Wildman–Crippen MR) is 96.4 cm³/mol. The fraction of sp³-hybridized carbons (Fsp3) is 0.438. The molecule has 0 N–H and O–H groups in total. The van der Waals surface area contributed by atoms with Gasteiger partial charge in [-0.1, -0.05) is 11.6 Å². The van der Waals surface area contributed by atoms with Gasteiger partial charge in [-0.05, 0) is 44.4 Å². The molecule has 0 bridgehead atoms. The van der Waals surface area contributed by atoms with Gasteiger partial charge in [0.1, 0.15) is 11.1 Å². The van der Waals surface area contributed by atoms with Crippen molar-refractivity contribution in [3.8, 4) is 6.07 Å². The Kier molecular flexibility index (Phi) is 6.21. The molecule has 1 aromatic rings. The molecule has 1 saturated heterocycles. The topological polar surface area (TPSA) is 70.4 Å². The summed E-state index contributed by atoms with van der Waals surface area (Å²) in [5, 5.41) is 10.5. The van der Waals surface area contributed by atoms with Gasteiger partial charge in [-0.2, -0.15) is 5.26 Å². The van der Waals surface area contributed by atoms with Gasteiger partial charge in [-0.3, -0.25) is 0 Å². The Morgan fingerprint density at radius 1 is 1.29 bits per heavy atom. The molecule has 2 rings (SSSR count). The molecule has 1 fully saturated rings. The molecule has 0 aromatic heterocycles. The maximum Gasteiger partial charge on any atom is 0.219 e. The molecule has 130 valence electrons. The molecule has 0 radical (unpaired) electrons. The summed E-state index contributed by atoms with van der Waals surface area (Å²) in [6.07, 6.45) is 1.71. The molecule has 0 spiro atoms. The number of hydrogen-bond donors (Lipinski definition) is 0. The van der Waals surface area contributed by atoms with Crippen molar-refractivity contribution in [3.05, 3.63) is 39.2 Å². The molecule has 2 atom stereocenters. The number of halogens is 1. The van der Waals surface area contributed by atoms with Crippen LogP contribution in [0.2, 0.25) is 5.02 Å². The first-order chi connectivity index (χ1) is 11.3. The Labute approximate surface area is 152 Å². The summed E-state index contributed by atoms with van der Waals surface area (Å²) in [6, 6.07) is 7.72. The van der Waals surface area contributed by atoms with Crippen LogP contribution in [0.5, 0.6) is 0 Å². The quantitative estimate of drug-likeness (QED) is 0.739. The van der Waals surface area contributed by atoms with Crippen LogP contribution >= 0.6 is 23.4 Å². The van der Waals surface area contributed by atoms with Crippen LogP contribution < -0.4 is 0 Å². The van der Waals surface area contributed by atoms with Gasteiger partial charge < -0.3 is 9.64 Å². The van der Waals surface area contributed by atoms with Gasteiger partial charge in [-0.15, -0.1) is 11.8 Å². The van der Waals surface area contributed by atoms with E-state index in [0.29, 0.717) is 23.1 Å². The van der Waals surface area contributed by atoms with Crippen LogP contribution in [0.1, 0.15) is 13.8 Å². The number of nitriles is 1. The van der Waals surface area contributed by atoms with Crippen LogP contribution in [0.25, 0.3) is 0 Å². The normalized spacial score (nSPS) is 22.7. The first kappa shape index (κ1) is 19.1. The van der Waals surface area contributed by atoms with Gasteiger partial charge in [0, 0.05) is 18.1 Å². The van der Waals surface area contributed by atoms with Gasteiger partial charge in [0.2, 0.25) is 9.84 Å². The molecule has 1 heterocycles. The molecule has 24 heavy (non-hydrogen) atoms. The van der Waals surface area contributed by atoms with Gasteiger partial charge >= 0.3 is 0 Å². The summed E-state index contributed by atoms with van der Waals surface area (Å²) in [7, 11) is -3.91. The third-order valence-electron chi connectivity index (χ3n) is 3.59. The lowest BCUT2D eigenvalue weighted by Gasteiger charge is -2.37. The Morgan fingerprint density at radius 3 is 2.29 bits per heavy atom. The van der Waals surface area contributed by atoms with Crippen LogP contribution in [0, 0.1) is 11.3 Å². The minimum Gasteiger partial charge on any atom is -0.372 e. The predicted octanol–water partition coefficient (Wildman–Crippen LogP) is 3.28. The van der Waals surface area contributed by atoms with E-state index in [1.54, 1.807) is 6.26 Å². The number of thioether (sulfide) groups is 1. The van der Waals surface area contributed by atoms with Crippen molar-refractivity contribution in [3.63, 3.8) is 0 Å². The summed E-state index contributed by atoms with van der Waals surface area (Å²) >= 11 is 7.08. The second-order valence-electron chi connectivity index (χ2n) is 5.57. The fourth-order valence-corrected chi connectivity index (χ4v) is 5.22. The summed E-state index contributed by atoms with van der Waals surface area (Å²) in [4.78, 5) is 1.73. The number of nitrogens with zero attached hydrogens (tertiary/aromatic N) is 2. The SMILES string of the molecule is CSC(=C(C#N)S(=O)(=O)c1ccc(Cl)cc1)N1CC(C)OC(C)C1. The van der Waals surface area contributed by atoms with Crippen molar-refractivity contribution in [1.29, 1.82) is 5.26 Å². The zero-order chi connectivity index (χ0) is 17.9.